The molecule has 0 aromatic carbocycles. The van der Waals surface area contributed by atoms with Crippen LogP contribution >= 0.6 is 0 Å². The SMILES string of the molecule is C/N=C\C(=C/NC)CO. The number of aliphatic hydroxyl groups excluding tert-OH is 1. The highest BCUT2D eigenvalue weighted by Crippen LogP contribution is 1.83. The Morgan fingerprint density at radius 3 is 2.78 bits per heavy atom. The van der Waals surface area contributed by atoms with Crippen LogP contribution in [-0.2, 0) is 0 Å². The summed E-state index contributed by atoms with van der Waals surface area (Å²) in [6, 6.07) is 0. The first kappa shape index (κ1) is 8.17. The van der Waals surface area contributed by atoms with Gasteiger partial charge in [-0.05, 0) is 0 Å². The lowest BCUT2D eigenvalue weighted by Gasteiger charge is -1.93. The van der Waals surface area contributed by atoms with Crippen LogP contribution < -0.4 is 5.32 Å². The summed E-state index contributed by atoms with van der Waals surface area (Å²) in [6.07, 6.45) is 3.31. The van der Waals surface area contributed by atoms with Crippen molar-refractivity contribution in [2.24, 2.45) is 4.99 Å². The molecule has 9 heavy (non-hydrogen) atoms. The minimum atomic E-state index is 0.0260. The van der Waals surface area contributed by atoms with Gasteiger partial charge in [0.05, 0.1) is 6.61 Å². The van der Waals surface area contributed by atoms with Gasteiger partial charge in [0.25, 0.3) is 0 Å². The molecule has 52 valence electrons. The Labute approximate surface area is 55.1 Å². The lowest BCUT2D eigenvalue weighted by molar-refractivity contribution is 0.337. The van der Waals surface area contributed by atoms with Gasteiger partial charge in [-0.25, -0.2) is 0 Å². The first-order chi connectivity index (χ1) is 4.35. The largest absolute Gasteiger partial charge is 0.394 e. The number of nitrogens with zero attached hydrogens (tertiary/aromatic N) is 1. The van der Waals surface area contributed by atoms with E-state index in [0.29, 0.717) is 0 Å². The predicted octanol–water partition coefficient (Wildman–Crippen LogP) is -0.217. The van der Waals surface area contributed by atoms with Crippen molar-refractivity contribution in [3.8, 4) is 0 Å². The van der Waals surface area contributed by atoms with E-state index in [-0.39, 0.29) is 6.61 Å². The molecule has 0 saturated heterocycles. The fourth-order valence-corrected chi connectivity index (χ4v) is 0.475. The third-order valence-corrected chi connectivity index (χ3v) is 0.807. The van der Waals surface area contributed by atoms with Crippen molar-refractivity contribution in [3.05, 3.63) is 11.8 Å². The van der Waals surface area contributed by atoms with Crippen LogP contribution in [0.1, 0.15) is 0 Å². The number of hydrogen-bond donors (Lipinski definition) is 2. The first-order valence-electron chi connectivity index (χ1n) is 2.74. The van der Waals surface area contributed by atoms with Crippen LogP contribution in [-0.4, -0.2) is 32.0 Å². The number of nitrogens with one attached hydrogen (secondary N) is 1. The summed E-state index contributed by atoms with van der Waals surface area (Å²) >= 11 is 0. The third-order valence-electron chi connectivity index (χ3n) is 0.807. The summed E-state index contributed by atoms with van der Waals surface area (Å²) in [4.78, 5) is 3.73. The van der Waals surface area contributed by atoms with E-state index in [1.54, 1.807) is 26.5 Å². The molecule has 0 radical (unpaired) electrons. The summed E-state index contributed by atoms with van der Waals surface area (Å²) in [5.74, 6) is 0. The second-order valence-electron chi connectivity index (χ2n) is 1.55. The van der Waals surface area contributed by atoms with Crippen molar-refractivity contribution >= 4 is 6.21 Å². The van der Waals surface area contributed by atoms with Crippen LogP contribution in [0.5, 0.6) is 0 Å². The number of hydrogen-bond acceptors (Lipinski definition) is 3. The molecule has 3 heteroatoms. The Kier molecular flexibility index (Phi) is 4.82. The zero-order chi connectivity index (χ0) is 7.11. The molecular formula is C6H12N2O. The van der Waals surface area contributed by atoms with Crippen molar-refractivity contribution in [1.29, 1.82) is 0 Å². The average Bonchev–Trinajstić information content (AvgIpc) is 1.88. The van der Waals surface area contributed by atoms with Gasteiger partial charge in [0.1, 0.15) is 0 Å². The lowest BCUT2D eigenvalue weighted by atomic mass is 10.3. The Bertz CT molecular complexity index is 118. The van der Waals surface area contributed by atoms with E-state index in [0.717, 1.165) is 5.57 Å². The highest BCUT2D eigenvalue weighted by molar-refractivity contribution is 5.78. The van der Waals surface area contributed by atoms with E-state index in [4.69, 9.17) is 5.11 Å². The lowest BCUT2D eigenvalue weighted by Crippen LogP contribution is -2.00. The number of aliphatic hydroxyl groups is 1. The van der Waals surface area contributed by atoms with Gasteiger partial charge < -0.3 is 10.4 Å². The number of rotatable bonds is 3. The minimum absolute atomic E-state index is 0.0260. The summed E-state index contributed by atoms with van der Waals surface area (Å²) in [5, 5.41) is 11.4. The molecule has 0 unspecified atom stereocenters. The second-order valence-corrected chi connectivity index (χ2v) is 1.55. The molecule has 3 nitrogen and oxygen atoms in total. The Balaban J connectivity index is 3.81. The summed E-state index contributed by atoms with van der Waals surface area (Å²) in [7, 11) is 3.44. The van der Waals surface area contributed by atoms with E-state index >= 15 is 0 Å². The molecule has 0 bridgehead atoms. The highest BCUT2D eigenvalue weighted by atomic mass is 16.3. The van der Waals surface area contributed by atoms with Crippen LogP contribution in [0.25, 0.3) is 0 Å². The van der Waals surface area contributed by atoms with E-state index in [1.807, 2.05) is 0 Å². The molecule has 0 aliphatic carbocycles. The number of aliphatic imine (C=N–C) groups is 1. The molecule has 0 fully saturated rings. The van der Waals surface area contributed by atoms with Gasteiger partial charge in [-0.15, -0.1) is 0 Å². The minimum Gasteiger partial charge on any atom is -0.394 e. The molecule has 0 atom stereocenters. The second kappa shape index (κ2) is 5.31. The van der Waals surface area contributed by atoms with Gasteiger partial charge in [0, 0.05) is 32.1 Å². The zero-order valence-electron chi connectivity index (χ0n) is 5.76. The summed E-state index contributed by atoms with van der Waals surface area (Å²) in [6.45, 7) is 0.0260. The molecule has 0 heterocycles. The average molecular weight is 128 g/mol. The van der Waals surface area contributed by atoms with Crippen LogP contribution in [0.15, 0.2) is 16.8 Å². The summed E-state index contributed by atoms with van der Waals surface area (Å²) in [5.41, 5.74) is 0.778. The predicted molar refractivity (Wildman–Crippen MR) is 38.6 cm³/mol. The Morgan fingerprint density at radius 1 is 1.78 bits per heavy atom. The fourth-order valence-electron chi connectivity index (χ4n) is 0.475. The van der Waals surface area contributed by atoms with E-state index < -0.39 is 0 Å². The maximum Gasteiger partial charge on any atom is 0.0710 e. The zero-order valence-corrected chi connectivity index (χ0v) is 5.76. The van der Waals surface area contributed by atoms with Crippen molar-refractivity contribution in [3.63, 3.8) is 0 Å². The third kappa shape index (κ3) is 3.73. The smallest absolute Gasteiger partial charge is 0.0710 e. The molecule has 0 aromatic heterocycles. The topological polar surface area (TPSA) is 44.6 Å². The molecule has 0 spiro atoms. The fraction of sp³-hybridized carbons (Fsp3) is 0.500. The first-order valence-corrected chi connectivity index (χ1v) is 2.74. The van der Waals surface area contributed by atoms with Crippen molar-refractivity contribution in [2.45, 2.75) is 0 Å². The molecule has 0 amide bonds. The monoisotopic (exact) mass is 128 g/mol. The van der Waals surface area contributed by atoms with Gasteiger partial charge >= 0.3 is 0 Å². The van der Waals surface area contributed by atoms with Gasteiger partial charge in [-0.2, -0.15) is 0 Å². The van der Waals surface area contributed by atoms with Crippen molar-refractivity contribution < 1.29 is 5.11 Å². The Hall–Kier alpha value is -0.830. The van der Waals surface area contributed by atoms with Crippen LogP contribution in [0.3, 0.4) is 0 Å². The van der Waals surface area contributed by atoms with E-state index in [1.165, 1.54) is 0 Å². The molecule has 0 rings (SSSR count). The quantitative estimate of drug-likeness (QED) is 0.516. The van der Waals surface area contributed by atoms with Gasteiger partial charge in [-0.1, -0.05) is 0 Å². The molecular weight excluding hydrogens is 116 g/mol. The van der Waals surface area contributed by atoms with Crippen LogP contribution in [0, 0.1) is 0 Å². The molecule has 2 N–H and O–H groups in total. The van der Waals surface area contributed by atoms with E-state index in [9.17, 15) is 0 Å². The molecule has 0 aliphatic rings. The maximum absolute atomic E-state index is 8.59. The standard InChI is InChI=1S/C6H12N2O/c1-7-3-6(5-9)4-8-2/h3-4,7,9H,5H2,1-2H3/b6-3+,8-4-. The van der Waals surface area contributed by atoms with Crippen LogP contribution in [0.2, 0.25) is 0 Å². The summed E-state index contributed by atoms with van der Waals surface area (Å²) < 4.78 is 0. The highest BCUT2D eigenvalue weighted by Gasteiger charge is 1.84. The molecule has 0 aromatic rings. The van der Waals surface area contributed by atoms with Gasteiger partial charge in [0.15, 0.2) is 0 Å². The van der Waals surface area contributed by atoms with Crippen molar-refractivity contribution in [2.75, 3.05) is 20.7 Å². The van der Waals surface area contributed by atoms with E-state index in [2.05, 4.69) is 10.3 Å². The van der Waals surface area contributed by atoms with Gasteiger partial charge in [-0.3, -0.25) is 4.99 Å². The van der Waals surface area contributed by atoms with Gasteiger partial charge in [0.2, 0.25) is 0 Å². The Morgan fingerprint density at radius 2 is 2.44 bits per heavy atom. The molecule has 0 saturated carbocycles. The normalized spacial score (nSPS) is 12.6. The molecule has 0 aliphatic heterocycles. The van der Waals surface area contributed by atoms with Crippen LogP contribution in [0.4, 0.5) is 0 Å². The maximum atomic E-state index is 8.59. The van der Waals surface area contributed by atoms with Crippen molar-refractivity contribution in [1.82, 2.24) is 5.32 Å².